The van der Waals surface area contributed by atoms with Crippen LogP contribution < -0.4 is 5.73 Å². The van der Waals surface area contributed by atoms with Crippen LogP contribution in [0.5, 0.6) is 0 Å². The van der Waals surface area contributed by atoms with E-state index in [2.05, 4.69) is 30.7 Å². The first kappa shape index (κ1) is 13.7. The van der Waals surface area contributed by atoms with E-state index in [1.54, 1.807) is 0 Å². The SMILES string of the molecule is CC(C)(C)OC1CC(CCN=C(N)N2CCC2)C1. The topological polar surface area (TPSA) is 50.9 Å². The van der Waals surface area contributed by atoms with Crippen LogP contribution in [0.1, 0.15) is 46.5 Å². The molecule has 0 aromatic carbocycles. The molecule has 1 saturated carbocycles. The fraction of sp³-hybridized carbons (Fsp3) is 0.929. The van der Waals surface area contributed by atoms with Gasteiger partial charge < -0.3 is 15.4 Å². The lowest BCUT2D eigenvalue weighted by Crippen LogP contribution is -2.46. The molecule has 2 rings (SSSR count). The molecule has 104 valence electrons. The van der Waals surface area contributed by atoms with Gasteiger partial charge >= 0.3 is 0 Å². The smallest absolute Gasteiger partial charge is 0.191 e. The number of guanidine groups is 1. The van der Waals surface area contributed by atoms with Gasteiger partial charge in [0.25, 0.3) is 0 Å². The molecule has 0 atom stereocenters. The Balaban J connectivity index is 1.57. The highest BCUT2D eigenvalue weighted by atomic mass is 16.5. The second kappa shape index (κ2) is 5.47. The van der Waals surface area contributed by atoms with Gasteiger partial charge in [-0.15, -0.1) is 0 Å². The molecule has 0 spiro atoms. The Hall–Kier alpha value is -0.770. The number of rotatable bonds is 4. The summed E-state index contributed by atoms with van der Waals surface area (Å²) in [5, 5.41) is 0. The Morgan fingerprint density at radius 1 is 1.33 bits per heavy atom. The number of aliphatic imine (C=N–C) groups is 1. The molecule has 0 amide bonds. The van der Waals surface area contributed by atoms with Gasteiger partial charge in [-0.1, -0.05) is 0 Å². The van der Waals surface area contributed by atoms with E-state index in [0.717, 1.165) is 37.9 Å². The van der Waals surface area contributed by atoms with Gasteiger partial charge in [0.2, 0.25) is 0 Å². The average molecular weight is 253 g/mol. The molecular weight excluding hydrogens is 226 g/mol. The molecule has 1 aliphatic carbocycles. The highest BCUT2D eigenvalue weighted by Gasteiger charge is 2.32. The first-order chi connectivity index (χ1) is 8.44. The fourth-order valence-corrected chi connectivity index (χ4v) is 2.51. The highest BCUT2D eigenvalue weighted by molar-refractivity contribution is 5.78. The molecule has 0 bridgehead atoms. The van der Waals surface area contributed by atoms with E-state index in [0.29, 0.717) is 6.10 Å². The first-order valence-electron chi connectivity index (χ1n) is 7.17. The van der Waals surface area contributed by atoms with Crippen LogP contribution in [0, 0.1) is 5.92 Å². The molecular formula is C14H27N3O. The zero-order valence-corrected chi connectivity index (χ0v) is 12.0. The number of hydrogen-bond acceptors (Lipinski definition) is 2. The lowest BCUT2D eigenvalue weighted by atomic mass is 9.80. The maximum Gasteiger partial charge on any atom is 0.191 e. The van der Waals surface area contributed by atoms with Crippen molar-refractivity contribution in [1.29, 1.82) is 0 Å². The van der Waals surface area contributed by atoms with Crippen molar-refractivity contribution in [2.75, 3.05) is 19.6 Å². The van der Waals surface area contributed by atoms with Gasteiger partial charge in [0.15, 0.2) is 5.96 Å². The van der Waals surface area contributed by atoms with Crippen molar-refractivity contribution in [3.63, 3.8) is 0 Å². The second-order valence-electron chi connectivity index (χ2n) is 6.56. The van der Waals surface area contributed by atoms with Crippen molar-refractivity contribution in [2.45, 2.75) is 58.2 Å². The summed E-state index contributed by atoms with van der Waals surface area (Å²) in [6.45, 7) is 9.41. The summed E-state index contributed by atoms with van der Waals surface area (Å²) >= 11 is 0. The van der Waals surface area contributed by atoms with Crippen LogP contribution >= 0.6 is 0 Å². The third-order valence-corrected chi connectivity index (χ3v) is 3.70. The minimum atomic E-state index is -0.00425. The molecule has 1 saturated heterocycles. The Morgan fingerprint density at radius 3 is 2.50 bits per heavy atom. The van der Waals surface area contributed by atoms with Crippen molar-refractivity contribution in [2.24, 2.45) is 16.6 Å². The van der Waals surface area contributed by atoms with Crippen molar-refractivity contribution in [3.8, 4) is 0 Å². The van der Waals surface area contributed by atoms with Crippen LogP contribution in [0.2, 0.25) is 0 Å². The van der Waals surface area contributed by atoms with Gasteiger partial charge in [-0.3, -0.25) is 4.99 Å². The quantitative estimate of drug-likeness (QED) is 0.616. The van der Waals surface area contributed by atoms with Crippen LogP contribution in [0.4, 0.5) is 0 Å². The van der Waals surface area contributed by atoms with Crippen molar-refractivity contribution in [3.05, 3.63) is 0 Å². The van der Waals surface area contributed by atoms with E-state index in [-0.39, 0.29) is 5.60 Å². The normalized spacial score (nSPS) is 28.8. The Bertz CT molecular complexity index is 299. The van der Waals surface area contributed by atoms with Gasteiger partial charge in [-0.05, 0) is 52.4 Å². The van der Waals surface area contributed by atoms with Crippen LogP contribution in [0.15, 0.2) is 4.99 Å². The predicted octanol–water partition coefficient (Wildman–Crippen LogP) is 1.99. The number of ether oxygens (including phenoxy) is 1. The molecule has 4 nitrogen and oxygen atoms in total. The Morgan fingerprint density at radius 2 is 2.00 bits per heavy atom. The van der Waals surface area contributed by atoms with Gasteiger partial charge in [-0.25, -0.2) is 0 Å². The predicted molar refractivity (Wildman–Crippen MR) is 74.6 cm³/mol. The molecule has 18 heavy (non-hydrogen) atoms. The minimum absolute atomic E-state index is 0.00425. The number of nitrogens with two attached hydrogens (primary N) is 1. The number of likely N-dealkylation sites (tertiary alicyclic amines) is 1. The summed E-state index contributed by atoms with van der Waals surface area (Å²) in [6.07, 6.45) is 5.25. The molecule has 0 aromatic rings. The summed E-state index contributed by atoms with van der Waals surface area (Å²) < 4.78 is 5.93. The molecule has 2 aliphatic rings. The van der Waals surface area contributed by atoms with E-state index >= 15 is 0 Å². The first-order valence-corrected chi connectivity index (χ1v) is 7.17. The number of hydrogen-bond donors (Lipinski definition) is 1. The zero-order chi connectivity index (χ0) is 13.2. The zero-order valence-electron chi connectivity index (χ0n) is 12.0. The second-order valence-corrected chi connectivity index (χ2v) is 6.56. The van der Waals surface area contributed by atoms with Crippen LogP contribution in [0.25, 0.3) is 0 Å². The average Bonchev–Trinajstić information content (AvgIpc) is 2.08. The molecule has 1 heterocycles. The molecule has 4 heteroatoms. The molecule has 2 N–H and O–H groups in total. The van der Waals surface area contributed by atoms with Gasteiger partial charge in [-0.2, -0.15) is 0 Å². The lowest BCUT2D eigenvalue weighted by molar-refractivity contribution is -0.112. The summed E-state index contributed by atoms with van der Waals surface area (Å²) in [7, 11) is 0. The number of nitrogens with zero attached hydrogens (tertiary/aromatic N) is 2. The van der Waals surface area contributed by atoms with Crippen molar-refractivity contribution in [1.82, 2.24) is 4.90 Å². The van der Waals surface area contributed by atoms with Gasteiger partial charge in [0, 0.05) is 19.6 Å². The largest absolute Gasteiger partial charge is 0.373 e. The highest BCUT2D eigenvalue weighted by Crippen LogP contribution is 2.35. The van der Waals surface area contributed by atoms with Gasteiger partial charge in [0.05, 0.1) is 11.7 Å². The van der Waals surface area contributed by atoms with Crippen LogP contribution in [-0.4, -0.2) is 42.2 Å². The maximum absolute atomic E-state index is 5.93. The Kier molecular flexibility index (Phi) is 4.15. The van der Waals surface area contributed by atoms with E-state index in [9.17, 15) is 0 Å². The van der Waals surface area contributed by atoms with Crippen LogP contribution in [-0.2, 0) is 4.74 Å². The summed E-state index contributed by atoms with van der Waals surface area (Å²) in [5.41, 5.74) is 5.88. The third-order valence-electron chi connectivity index (χ3n) is 3.70. The maximum atomic E-state index is 5.93. The molecule has 1 aliphatic heterocycles. The molecule has 0 radical (unpaired) electrons. The summed E-state index contributed by atoms with van der Waals surface area (Å²) in [4.78, 5) is 6.59. The minimum Gasteiger partial charge on any atom is -0.373 e. The fourth-order valence-electron chi connectivity index (χ4n) is 2.51. The lowest BCUT2D eigenvalue weighted by Gasteiger charge is -2.39. The molecule has 0 aromatic heterocycles. The summed E-state index contributed by atoms with van der Waals surface area (Å²) in [5.74, 6) is 1.52. The summed E-state index contributed by atoms with van der Waals surface area (Å²) in [6, 6.07) is 0. The van der Waals surface area contributed by atoms with Crippen molar-refractivity contribution < 1.29 is 4.74 Å². The molecule has 0 unspecified atom stereocenters. The van der Waals surface area contributed by atoms with E-state index in [4.69, 9.17) is 10.5 Å². The standard InChI is InChI=1S/C14H27N3O/c1-14(2,3)18-12-9-11(10-12)5-6-16-13(15)17-7-4-8-17/h11-12H,4-10H2,1-3H3,(H2,15,16). The van der Waals surface area contributed by atoms with E-state index < -0.39 is 0 Å². The van der Waals surface area contributed by atoms with E-state index in [1.807, 2.05) is 0 Å². The third kappa shape index (κ3) is 3.87. The van der Waals surface area contributed by atoms with E-state index in [1.165, 1.54) is 19.3 Å². The van der Waals surface area contributed by atoms with Crippen molar-refractivity contribution >= 4 is 5.96 Å². The monoisotopic (exact) mass is 253 g/mol. The molecule has 2 fully saturated rings. The van der Waals surface area contributed by atoms with Crippen LogP contribution in [0.3, 0.4) is 0 Å². The Labute approximate surface area is 111 Å². The van der Waals surface area contributed by atoms with Gasteiger partial charge in [0.1, 0.15) is 0 Å².